The zero-order valence-corrected chi connectivity index (χ0v) is 10.6. The highest BCUT2D eigenvalue weighted by Gasteiger charge is 2.19. The lowest BCUT2D eigenvalue weighted by atomic mass is 10.1. The Morgan fingerprint density at radius 2 is 2.06 bits per heavy atom. The van der Waals surface area contributed by atoms with Crippen molar-refractivity contribution in [3.8, 4) is 0 Å². The van der Waals surface area contributed by atoms with E-state index in [-0.39, 0.29) is 12.7 Å². The van der Waals surface area contributed by atoms with Gasteiger partial charge in [0.15, 0.2) is 0 Å². The predicted molar refractivity (Wildman–Crippen MR) is 64.2 cm³/mol. The average Bonchev–Trinajstić information content (AvgIpc) is 2.33. The van der Waals surface area contributed by atoms with Crippen molar-refractivity contribution in [2.75, 3.05) is 39.5 Å². The molecule has 5 nitrogen and oxygen atoms in total. The Balaban J connectivity index is 2.03. The highest BCUT2D eigenvalue weighted by Crippen LogP contribution is 2.13. The summed E-state index contributed by atoms with van der Waals surface area (Å²) in [6.45, 7) is 6.45. The predicted octanol–water partition coefficient (Wildman–Crippen LogP) is 0.979. The van der Waals surface area contributed by atoms with Gasteiger partial charge in [-0.05, 0) is 19.3 Å². The molecule has 0 aromatic heterocycles. The van der Waals surface area contributed by atoms with Crippen LogP contribution in [0, 0.1) is 0 Å². The van der Waals surface area contributed by atoms with E-state index in [1.165, 1.54) is 0 Å². The van der Waals surface area contributed by atoms with Crippen LogP contribution in [0.5, 0.6) is 0 Å². The summed E-state index contributed by atoms with van der Waals surface area (Å²) in [4.78, 5) is 12.7. The van der Waals surface area contributed by atoms with E-state index in [9.17, 15) is 4.79 Å². The van der Waals surface area contributed by atoms with Gasteiger partial charge in [0, 0.05) is 26.2 Å². The molecule has 5 heteroatoms. The van der Waals surface area contributed by atoms with Gasteiger partial charge in [0.2, 0.25) is 0 Å². The molecule has 1 saturated heterocycles. The zero-order valence-electron chi connectivity index (χ0n) is 10.6. The van der Waals surface area contributed by atoms with E-state index in [4.69, 9.17) is 14.6 Å². The molecule has 100 valence electrons. The van der Waals surface area contributed by atoms with Crippen molar-refractivity contribution in [1.82, 2.24) is 4.90 Å². The van der Waals surface area contributed by atoms with E-state index in [0.29, 0.717) is 0 Å². The Bertz CT molecular complexity index is 215. The SMILES string of the molecule is CCCOCCN1CCC(OCC(=O)O)CC1. The summed E-state index contributed by atoms with van der Waals surface area (Å²) < 4.78 is 10.7. The van der Waals surface area contributed by atoms with Gasteiger partial charge in [-0.15, -0.1) is 0 Å². The molecule has 0 aromatic carbocycles. The van der Waals surface area contributed by atoms with Crippen LogP contribution in [-0.2, 0) is 14.3 Å². The van der Waals surface area contributed by atoms with Crippen molar-refractivity contribution in [2.24, 2.45) is 0 Å². The van der Waals surface area contributed by atoms with Gasteiger partial charge in [-0.25, -0.2) is 4.79 Å². The lowest BCUT2D eigenvalue weighted by molar-refractivity contribution is -0.145. The van der Waals surface area contributed by atoms with Gasteiger partial charge in [0.1, 0.15) is 6.61 Å². The number of likely N-dealkylation sites (tertiary alicyclic amines) is 1. The molecule has 1 fully saturated rings. The Kier molecular flexibility index (Phi) is 7.16. The summed E-state index contributed by atoms with van der Waals surface area (Å²) in [7, 11) is 0. The Morgan fingerprint density at radius 3 is 2.65 bits per heavy atom. The standard InChI is InChI=1S/C12H23NO4/c1-2-8-16-9-7-13-5-3-11(4-6-13)17-10-12(14)15/h11H,2-10H2,1H3,(H,14,15). The van der Waals surface area contributed by atoms with E-state index >= 15 is 0 Å². The summed E-state index contributed by atoms with van der Waals surface area (Å²) in [6.07, 6.45) is 3.01. The lowest BCUT2D eigenvalue weighted by Crippen LogP contribution is -2.39. The number of rotatable bonds is 8. The van der Waals surface area contributed by atoms with Crippen LogP contribution in [0.15, 0.2) is 0 Å². The van der Waals surface area contributed by atoms with Gasteiger partial charge >= 0.3 is 5.97 Å². The fourth-order valence-corrected chi connectivity index (χ4v) is 1.93. The molecule has 0 radical (unpaired) electrons. The number of carboxylic acids is 1. The van der Waals surface area contributed by atoms with Gasteiger partial charge in [0.05, 0.1) is 12.7 Å². The van der Waals surface area contributed by atoms with Crippen LogP contribution in [0.1, 0.15) is 26.2 Å². The second kappa shape index (κ2) is 8.44. The molecule has 17 heavy (non-hydrogen) atoms. The highest BCUT2D eigenvalue weighted by atomic mass is 16.5. The molecule has 0 bridgehead atoms. The second-order valence-electron chi connectivity index (χ2n) is 4.36. The van der Waals surface area contributed by atoms with Gasteiger partial charge in [-0.2, -0.15) is 0 Å². The Labute approximate surface area is 103 Å². The average molecular weight is 245 g/mol. The fourth-order valence-electron chi connectivity index (χ4n) is 1.93. The first kappa shape index (κ1) is 14.4. The van der Waals surface area contributed by atoms with Gasteiger partial charge in [-0.1, -0.05) is 6.92 Å². The molecule has 1 heterocycles. The Hall–Kier alpha value is -0.650. The Morgan fingerprint density at radius 1 is 1.35 bits per heavy atom. The summed E-state index contributed by atoms with van der Waals surface area (Å²) in [5.74, 6) is -0.889. The first-order valence-electron chi connectivity index (χ1n) is 6.36. The van der Waals surface area contributed by atoms with Gasteiger partial charge < -0.3 is 19.5 Å². The largest absolute Gasteiger partial charge is 0.480 e. The van der Waals surface area contributed by atoms with Crippen molar-refractivity contribution < 1.29 is 19.4 Å². The van der Waals surface area contributed by atoms with Crippen LogP contribution in [0.25, 0.3) is 0 Å². The summed E-state index contributed by atoms with van der Waals surface area (Å²) in [6, 6.07) is 0. The molecule has 1 N–H and O–H groups in total. The molecule has 1 aliphatic heterocycles. The van der Waals surface area contributed by atoms with Crippen LogP contribution in [0.2, 0.25) is 0 Å². The number of carboxylic acid groups (broad SMARTS) is 1. The van der Waals surface area contributed by atoms with E-state index in [0.717, 1.165) is 52.1 Å². The third-order valence-corrected chi connectivity index (χ3v) is 2.88. The van der Waals surface area contributed by atoms with Crippen molar-refractivity contribution in [3.05, 3.63) is 0 Å². The van der Waals surface area contributed by atoms with Crippen molar-refractivity contribution >= 4 is 5.97 Å². The van der Waals surface area contributed by atoms with Crippen LogP contribution in [-0.4, -0.2) is 61.5 Å². The van der Waals surface area contributed by atoms with Gasteiger partial charge in [-0.3, -0.25) is 0 Å². The first-order valence-corrected chi connectivity index (χ1v) is 6.36. The topological polar surface area (TPSA) is 59.0 Å². The molecule has 0 aromatic rings. The molecule has 0 unspecified atom stereocenters. The van der Waals surface area contributed by atoms with Crippen LogP contribution in [0.4, 0.5) is 0 Å². The van der Waals surface area contributed by atoms with E-state index < -0.39 is 5.97 Å². The smallest absolute Gasteiger partial charge is 0.329 e. The van der Waals surface area contributed by atoms with Crippen LogP contribution in [0.3, 0.4) is 0 Å². The lowest BCUT2D eigenvalue weighted by Gasteiger charge is -2.31. The van der Waals surface area contributed by atoms with E-state index in [2.05, 4.69) is 11.8 Å². The minimum absolute atomic E-state index is 0.110. The molecular weight excluding hydrogens is 222 g/mol. The van der Waals surface area contributed by atoms with E-state index in [1.807, 2.05) is 0 Å². The molecule has 0 saturated carbocycles. The molecular formula is C12H23NO4. The third-order valence-electron chi connectivity index (χ3n) is 2.88. The van der Waals surface area contributed by atoms with Crippen molar-refractivity contribution in [1.29, 1.82) is 0 Å². The normalized spacial score (nSPS) is 18.4. The monoisotopic (exact) mass is 245 g/mol. The zero-order chi connectivity index (χ0) is 12.5. The number of hydrogen-bond donors (Lipinski definition) is 1. The molecule has 0 spiro atoms. The van der Waals surface area contributed by atoms with Crippen LogP contribution >= 0.6 is 0 Å². The number of piperidine rings is 1. The maximum absolute atomic E-state index is 10.4. The second-order valence-corrected chi connectivity index (χ2v) is 4.36. The number of carbonyl (C=O) groups is 1. The maximum atomic E-state index is 10.4. The maximum Gasteiger partial charge on any atom is 0.329 e. The van der Waals surface area contributed by atoms with Crippen LogP contribution < -0.4 is 0 Å². The summed E-state index contributed by atoms with van der Waals surface area (Å²) >= 11 is 0. The van der Waals surface area contributed by atoms with E-state index in [1.54, 1.807) is 0 Å². The van der Waals surface area contributed by atoms with Crippen molar-refractivity contribution in [2.45, 2.75) is 32.3 Å². The molecule has 0 amide bonds. The van der Waals surface area contributed by atoms with Gasteiger partial charge in [0.25, 0.3) is 0 Å². The number of nitrogens with zero attached hydrogens (tertiary/aromatic N) is 1. The first-order chi connectivity index (χ1) is 8.22. The minimum Gasteiger partial charge on any atom is -0.480 e. The molecule has 1 aliphatic rings. The fraction of sp³-hybridized carbons (Fsp3) is 0.917. The number of ether oxygens (including phenoxy) is 2. The summed E-state index contributed by atoms with van der Waals surface area (Å²) in [5, 5.41) is 8.51. The molecule has 1 rings (SSSR count). The minimum atomic E-state index is -0.889. The summed E-state index contributed by atoms with van der Waals surface area (Å²) in [5.41, 5.74) is 0. The number of aliphatic carboxylic acids is 1. The van der Waals surface area contributed by atoms with Crippen molar-refractivity contribution in [3.63, 3.8) is 0 Å². The highest BCUT2D eigenvalue weighted by molar-refractivity contribution is 5.68. The quantitative estimate of drug-likeness (QED) is 0.646. The number of hydrogen-bond acceptors (Lipinski definition) is 4. The third kappa shape index (κ3) is 6.61. The molecule has 0 atom stereocenters. The molecule has 0 aliphatic carbocycles.